The zero-order chi connectivity index (χ0) is 10.1. The first-order valence-electron chi connectivity index (χ1n) is 4.67. The summed E-state index contributed by atoms with van der Waals surface area (Å²) in [5, 5.41) is 0. The molecule has 74 valence electrons. The van der Waals surface area contributed by atoms with Crippen molar-refractivity contribution in [3.05, 3.63) is 24.0 Å². The molecule has 1 saturated heterocycles. The van der Waals surface area contributed by atoms with Crippen molar-refractivity contribution in [1.82, 2.24) is 9.88 Å². The van der Waals surface area contributed by atoms with E-state index in [1.165, 1.54) is 0 Å². The number of rotatable bonds is 1. The molecule has 0 atom stereocenters. The Morgan fingerprint density at radius 1 is 1.64 bits per heavy atom. The van der Waals surface area contributed by atoms with Crippen molar-refractivity contribution in [1.29, 1.82) is 0 Å². The highest BCUT2D eigenvalue weighted by Crippen LogP contribution is 2.17. The standard InChI is InChI=1S/C10H13N3O/c1-7-5-13(6-7)10(14)9-4-8(11)2-3-12-9/h2-4,7H,5-6H2,1H3,(H2,11,12). The fraction of sp³-hybridized carbons (Fsp3) is 0.400. The number of hydrogen-bond donors (Lipinski definition) is 1. The second kappa shape index (κ2) is 3.29. The number of pyridine rings is 1. The van der Waals surface area contributed by atoms with Crippen LogP contribution in [0.25, 0.3) is 0 Å². The van der Waals surface area contributed by atoms with Crippen LogP contribution >= 0.6 is 0 Å². The average molecular weight is 191 g/mol. The van der Waals surface area contributed by atoms with Crippen LogP contribution in [0.1, 0.15) is 17.4 Å². The van der Waals surface area contributed by atoms with E-state index in [2.05, 4.69) is 11.9 Å². The maximum Gasteiger partial charge on any atom is 0.272 e. The molecular weight excluding hydrogens is 178 g/mol. The van der Waals surface area contributed by atoms with E-state index in [1.54, 1.807) is 23.2 Å². The second-order valence-electron chi connectivity index (χ2n) is 3.79. The Labute approximate surface area is 82.7 Å². The molecule has 2 heterocycles. The number of nitrogen functional groups attached to an aromatic ring is 1. The van der Waals surface area contributed by atoms with Crippen molar-refractivity contribution < 1.29 is 4.79 Å². The van der Waals surface area contributed by atoms with E-state index in [9.17, 15) is 4.79 Å². The van der Waals surface area contributed by atoms with Gasteiger partial charge >= 0.3 is 0 Å². The number of nitrogens with two attached hydrogens (primary N) is 1. The molecule has 4 nitrogen and oxygen atoms in total. The van der Waals surface area contributed by atoms with E-state index in [4.69, 9.17) is 5.73 Å². The first kappa shape index (κ1) is 8.99. The molecule has 2 N–H and O–H groups in total. The summed E-state index contributed by atoms with van der Waals surface area (Å²) in [4.78, 5) is 17.5. The summed E-state index contributed by atoms with van der Waals surface area (Å²) in [6, 6.07) is 3.29. The van der Waals surface area contributed by atoms with Crippen molar-refractivity contribution in [2.45, 2.75) is 6.92 Å². The molecule has 0 aromatic carbocycles. The minimum atomic E-state index is -0.0181. The maximum atomic E-state index is 11.7. The second-order valence-corrected chi connectivity index (χ2v) is 3.79. The highest BCUT2D eigenvalue weighted by Gasteiger charge is 2.28. The van der Waals surface area contributed by atoms with Gasteiger partial charge in [0.05, 0.1) is 0 Å². The quantitative estimate of drug-likeness (QED) is 0.712. The van der Waals surface area contributed by atoms with Crippen molar-refractivity contribution in [2.75, 3.05) is 18.8 Å². The Kier molecular flexibility index (Phi) is 2.11. The van der Waals surface area contributed by atoms with Gasteiger partial charge in [0, 0.05) is 25.0 Å². The first-order chi connectivity index (χ1) is 6.66. The summed E-state index contributed by atoms with van der Waals surface area (Å²) >= 11 is 0. The Balaban J connectivity index is 2.12. The molecule has 0 radical (unpaired) electrons. The number of amides is 1. The molecule has 1 aliphatic heterocycles. The number of aromatic nitrogens is 1. The minimum Gasteiger partial charge on any atom is -0.399 e. The lowest BCUT2D eigenvalue weighted by atomic mass is 10.0. The lowest BCUT2D eigenvalue weighted by molar-refractivity contribution is 0.0524. The molecule has 1 aliphatic rings. The summed E-state index contributed by atoms with van der Waals surface area (Å²) in [7, 11) is 0. The predicted octanol–water partition coefficient (Wildman–Crippen LogP) is 0.756. The van der Waals surface area contributed by atoms with Crippen LogP contribution in [0.2, 0.25) is 0 Å². The monoisotopic (exact) mass is 191 g/mol. The Hall–Kier alpha value is -1.58. The van der Waals surface area contributed by atoms with Crippen LogP contribution in [-0.4, -0.2) is 28.9 Å². The van der Waals surface area contributed by atoms with Crippen molar-refractivity contribution in [2.24, 2.45) is 5.92 Å². The summed E-state index contributed by atoms with van der Waals surface area (Å²) in [5.41, 5.74) is 6.59. The normalized spacial score (nSPS) is 16.5. The molecule has 0 unspecified atom stereocenters. The SMILES string of the molecule is CC1CN(C(=O)c2cc(N)ccn2)C1. The van der Waals surface area contributed by atoms with Crippen molar-refractivity contribution >= 4 is 11.6 Å². The largest absolute Gasteiger partial charge is 0.399 e. The van der Waals surface area contributed by atoms with Gasteiger partial charge in [-0.3, -0.25) is 9.78 Å². The molecule has 0 saturated carbocycles. The molecule has 14 heavy (non-hydrogen) atoms. The van der Waals surface area contributed by atoms with Gasteiger partial charge in [0.25, 0.3) is 5.91 Å². The average Bonchev–Trinajstić information content (AvgIpc) is 2.12. The molecule has 1 aromatic heterocycles. The van der Waals surface area contributed by atoms with Gasteiger partial charge < -0.3 is 10.6 Å². The third-order valence-electron chi connectivity index (χ3n) is 2.35. The summed E-state index contributed by atoms with van der Waals surface area (Å²) in [5.74, 6) is 0.593. The lowest BCUT2D eigenvalue weighted by Gasteiger charge is -2.36. The number of carbonyl (C=O) groups excluding carboxylic acids is 1. The maximum absolute atomic E-state index is 11.7. The van der Waals surface area contributed by atoms with Crippen LogP contribution in [0.15, 0.2) is 18.3 Å². The number of anilines is 1. The van der Waals surface area contributed by atoms with Crippen molar-refractivity contribution in [3.63, 3.8) is 0 Å². The van der Waals surface area contributed by atoms with E-state index in [0.717, 1.165) is 13.1 Å². The molecule has 1 fully saturated rings. The van der Waals surface area contributed by atoms with Crippen molar-refractivity contribution in [3.8, 4) is 0 Å². The topological polar surface area (TPSA) is 59.2 Å². The highest BCUT2D eigenvalue weighted by atomic mass is 16.2. The van der Waals surface area contributed by atoms with Gasteiger partial charge in [-0.05, 0) is 18.1 Å². The fourth-order valence-corrected chi connectivity index (χ4v) is 1.59. The van der Waals surface area contributed by atoms with Gasteiger partial charge in [0.15, 0.2) is 0 Å². The molecule has 1 aromatic rings. The Morgan fingerprint density at radius 2 is 2.36 bits per heavy atom. The lowest BCUT2D eigenvalue weighted by Crippen LogP contribution is -2.48. The van der Waals surface area contributed by atoms with Crippen LogP contribution in [-0.2, 0) is 0 Å². The summed E-state index contributed by atoms with van der Waals surface area (Å²) < 4.78 is 0. The summed E-state index contributed by atoms with van der Waals surface area (Å²) in [6.07, 6.45) is 1.56. The molecule has 1 amide bonds. The third kappa shape index (κ3) is 1.55. The smallest absolute Gasteiger partial charge is 0.272 e. The number of hydrogen-bond acceptors (Lipinski definition) is 3. The van der Waals surface area contributed by atoms with Crippen LogP contribution in [0, 0.1) is 5.92 Å². The fourth-order valence-electron chi connectivity index (χ4n) is 1.59. The van der Waals surface area contributed by atoms with Gasteiger partial charge in [-0.15, -0.1) is 0 Å². The van der Waals surface area contributed by atoms with E-state index in [0.29, 0.717) is 17.3 Å². The van der Waals surface area contributed by atoms with Gasteiger partial charge in [-0.1, -0.05) is 6.92 Å². The molecule has 4 heteroatoms. The van der Waals surface area contributed by atoms with Crippen LogP contribution in [0.4, 0.5) is 5.69 Å². The first-order valence-corrected chi connectivity index (χ1v) is 4.67. The zero-order valence-corrected chi connectivity index (χ0v) is 8.10. The summed E-state index contributed by atoms with van der Waals surface area (Å²) in [6.45, 7) is 3.78. The number of nitrogens with zero attached hydrogens (tertiary/aromatic N) is 2. The number of carbonyl (C=O) groups is 1. The Bertz CT molecular complexity index is 358. The van der Waals surface area contributed by atoms with Gasteiger partial charge in [-0.25, -0.2) is 0 Å². The van der Waals surface area contributed by atoms with E-state index < -0.39 is 0 Å². The minimum absolute atomic E-state index is 0.0181. The van der Waals surface area contributed by atoms with E-state index >= 15 is 0 Å². The predicted molar refractivity (Wildman–Crippen MR) is 53.7 cm³/mol. The zero-order valence-electron chi connectivity index (χ0n) is 8.10. The van der Waals surface area contributed by atoms with Gasteiger partial charge in [0.1, 0.15) is 5.69 Å². The van der Waals surface area contributed by atoms with Gasteiger partial charge in [0.2, 0.25) is 0 Å². The highest BCUT2D eigenvalue weighted by molar-refractivity contribution is 5.93. The van der Waals surface area contributed by atoms with Crippen LogP contribution in [0.3, 0.4) is 0 Å². The Morgan fingerprint density at radius 3 is 2.93 bits per heavy atom. The molecular formula is C10H13N3O. The third-order valence-corrected chi connectivity index (χ3v) is 2.35. The molecule has 0 bridgehead atoms. The molecule has 2 rings (SSSR count). The van der Waals surface area contributed by atoms with Gasteiger partial charge in [-0.2, -0.15) is 0 Å². The van der Waals surface area contributed by atoms with Crippen LogP contribution < -0.4 is 5.73 Å². The van der Waals surface area contributed by atoms with Crippen LogP contribution in [0.5, 0.6) is 0 Å². The van der Waals surface area contributed by atoms with E-state index in [1.807, 2.05) is 0 Å². The number of likely N-dealkylation sites (tertiary alicyclic amines) is 1. The molecule has 0 spiro atoms. The van der Waals surface area contributed by atoms with E-state index in [-0.39, 0.29) is 5.91 Å². The molecule has 0 aliphatic carbocycles.